The minimum Gasteiger partial charge on any atom is -0.268 e. The van der Waals surface area contributed by atoms with Crippen LogP contribution < -0.4 is 0 Å². The van der Waals surface area contributed by atoms with Gasteiger partial charge in [0.05, 0.1) is 25.2 Å². The number of hydrogen-bond acceptors (Lipinski definition) is 6. The monoisotopic (exact) mass is 232 g/mol. The zero-order valence-electron chi connectivity index (χ0n) is 7.55. The fourth-order valence-electron chi connectivity index (χ4n) is 0.546. The van der Waals surface area contributed by atoms with Crippen LogP contribution >= 0.6 is 0 Å². The van der Waals surface area contributed by atoms with Gasteiger partial charge in [-0.25, -0.2) is 0 Å². The van der Waals surface area contributed by atoms with E-state index < -0.39 is 26.3 Å². The summed E-state index contributed by atoms with van der Waals surface area (Å²) in [6.45, 7) is 1.08. The van der Waals surface area contributed by atoms with Crippen molar-refractivity contribution in [1.82, 2.24) is 0 Å². The summed E-state index contributed by atoms with van der Waals surface area (Å²) < 4.78 is 50.8. The maximum absolute atomic E-state index is 10.5. The Morgan fingerprint density at radius 3 is 1.85 bits per heavy atom. The van der Waals surface area contributed by atoms with Crippen LogP contribution in [-0.4, -0.2) is 42.1 Å². The normalized spacial score (nSPS) is 15.6. The highest BCUT2D eigenvalue weighted by Gasteiger charge is 2.12. The fraction of sp³-hybridized carbons (Fsp3) is 1.00. The van der Waals surface area contributed by atoms with E-state index in [1.54, 1.807) is 0 Å². The first-order valence-electron chi connectivity index (χ1n) is 3.33. The molecule has 0 fully saturated rings. The maximum atomic E-state index is 10.5. The summed E-state index contributed by atoms with van der Waals surface area (Å²) in [5, 5.41) is 0. The van der Waals surface area contributed by atoms with Crippen LogP contribution in [0.4, 0.5) is 0 Å². The Bertz CT molecular complexity index is 339. The Kier molecular flexibility index (Phi) is 4.30. The van der Waals surface area contributed by atoms with Crippen molar-refractivity contribution < 1.29 is 25.2 Å². The van der Waals surface area contributed by atoms with Crippen molar-refractivity contribution in [3.8, 4) is 0 Å². The van der Waals surface area contributed by atoms with Gasteiger partial charge in [0.25, 0.3) is 20.2 Å². The molecule has 0 saturated heterocycles. The molecule has 80 valence electrons. The van der Waals surface area contributed by atoms with Crippen LogP contribution in [-0.2, 0) is 28.6 Å². The van der Waals surface area contributed by atoms with Crippen molar-refractivity contribution in [1.29, 1.82) is 0 Å². The first-order chi connectivity index (χ1) is 5.60. The van der Waals surface area contributed by atoms with Crippen molar-refractivity contribution in [2.75, 3.05) is 19.1 Å². The summed E-state index contributed by atoms with van der Waals surface area (Å²) in [6.07, 6.45) is 0.939. The highest BCUT2D eigenvalue weighted by molar-refractivity contribution is 7.86. The van der Waals surface area contributed by atoms with E-state index in [2.05, 4.69) is 8.37 Å². The van der Waals surface area contributed by atoms with Crippen LogP contribution in [0.2, 0.25) is 0 Å². The molecule has 0 saturated carbocycles. The molecule has 1 atom stereocenters. The van der Waals surface area contributed by atoms with Crippen molar-refractivity contribution >= 4 is 20.2 Å². The smallest absolute Gasteiger partial charge is 0.264 e. The predicted octanol–water partition coefficient (Wildman–Crippen LogP) is -0.673. The lowest BCUT2D eigenvalue weighted by molar-refractivity contribution is 0.154. The molecule has 0 spiro atoms. The maximum Gasteiger partial charge on any atom is 0.264 e. The molecule has 0 aliphatic carbocycles. The molecule has 0 aliphatic rings. The SMILES string of the molecule is C[C@@H](COS(C)(=O)=O)OS(C)(=O)=O. The van der Waals surface area contributed by atoms with Gasteiger partial charge in [0, 0.05) is 0 Å². The largest absolute Gasteiger partial charge is 0.268 e. The molecular weight excluding hydrogens is 220 g/mol. The Balaban J connectivity index is 3.98. The van der Waals surface area contributed by atoms with Gasteiger partial charge in [-0.05, 0) is 6.92 Å². The summed E-state index contributed by atoms with van der Waals surface area (Å²) in [6, 6.07) is 0. The molecule has 0 N–H and O–H groups in total. The average Bonchev–Trinajstić information content (AvgIpc) is 1.78. The van der Waals surface area contributed by atoms with Gasteiger partial charge in [-0.1, -0.05) is 0 Å². The molecule has 0 aromatic rings. The zero-order valence-corrected chi connectivity index (χ0v) is 9.18. The second-order valence-electron chi connectivity index (χ2n) is 2.60. The molecule has 0 radical (unpaired) electrons. The number of rotatable bonds is 5. The van der Waals surface area contributed by atoms with Crippen molar-refractivity contribution in [2.24, 2.45) is 0 Å². The topological polar surface area (TPSA) is 86.7 Å². The summed E-state index contributed by atoms with van der Waals surface area (Å²) in [4.78, 5) is 0. The van der Waals surface area contributed by atoms with Crippen LogP contribution in [0.25, 0.3) is 0 Å². The lowest BCUT2D eigenvalue weighted by atomic mass is 10.5. The Hall–Kier alpha value is -0.180. The molecule has 0 rings (SSSR count). The Morgan fingerprint density at radius 2 is 1.54 bits per heavy atom. The molecule has 0 amide bonds. The second-order valence-corrected chi connectivity index (χ2v) is 5.84. The third-order valence-corrected chi connectivity index (χ3v) is 2.10. The molecular formula is C5H12O6S2. The summed E-state index contributed by atoms with van der Waals surface area (Å²) in [7, 11) is -7.12. The third kappa shape index (κ3) is 9.74. The van der Waals surface area contributed by atoms with E-state index in [1.807, 2.05) is 0 Å². The van der Waals surface area contributed by atoms with Crippen molar-refractivity contribution in [3.63, 3.8) is 0 Å². The molecule has 0 unspecified atom stereocenters. The Labute approximate surface area is 78.1 Å². The minimum atomic E-state index is -3.57. The van der Waals surface area contributed by atoms with Gasteiger partial charge >= 0.3 is 0 Å². The van der Waals surface area contributed by atoms with E-state index in [0.29, 0.717) is 0 Å². The van der Waals surface area contributed by atoms with Crippen LogP contribution in [0.15, 0.2) is 0 Å². The summed E-state index contributed by atoms with van der Waals surface area (Å²) in [5.74, 6) is 0. The van der Waals surface area contributed by atoms with E-state index >= 15 is 0 Å². The zero-order chi connectivity index (χ0) is 10.7. The molecule has 0 bridgehead atoms. The summed E-state index contributed by atoms with van der Waals surface area (Å²) >= 11 is 0. The van der Waals surface area contributed by atoms with E-state index in [9.17, 15) is 16.8 Å². The summed E-state index contributed by atoms with van der Waals surface area (Å²) in [5.41, 5.74) is 0. The molecule has 6 nitrogen and oxygen atoms in total. The van der Waals surface area contributed by atoms with Crippen molar-refractivity contribution in [2.45, 2.75) is 13.0 Å². The lowest BCUT2D eigenvalue weighted by Crippen LogP contribution is -2.21. The average molecular weight is 232 g/mol. The second kappa shape index (κ2) is 4.36. The minimum absolute atomic E-state index is 0.314. The van der Waals surface area contributed by atoms with Crippen LogP contribution in [0, 0.1) is 0 Å². The van der Waals surface area contributed by atoms with Crippen molar-refractivity contribution in [3.05, 3.63) is 0 Å². The molecule has 8 heteroatoms. The highest BCUT2D eigenvalue weighted by atomic mass is 32.2. The molecule has 0 aromatic heterocycles. The van der Waals surface area contributed by atoms with Gasteiger partial charge in [-0.2, -0.15) is 16.8 Å². The highest BCUT2D eigenvalue weighted by Crippen LogP contribution is 1.99. The van der Waals surface area contributed by atoms with Gasteiger partial charge in [0.15, 0.2) is 0 Å². The molecule has 0 aromatic carbocycles. The number of hydrogen-bond donors (Lipinski definition) is 0. The van der Waals surface area contributed by atoms with Gasteiger partial charge in [0.2, 0.25) is 0 Å². The van der Waals surface area contributed by atoms with E-state index in [1.165, 1.54) is 6.92 Å². The molecule has 0 heterocycles. The fourth-order valence-corrected chi connectivity index (χ4v) is 1.64. The lowest BCUT2D eigenvalue weighted by Gasteiger charge is -2.09. The molecule has 0 aliphatic heterocycles. The van der Waals surface area contributed by atoms with Gasteiger partial charge in [-0.3, -0.25) is 8.37 Å². The first-order valence-corrected chi connectivity index (χ1v) is 6.96. The third-order valence-electron chi connectivity index (χ3n) is 0.856. The predicted molar refractivity (Wildman–Crippen MR) is 46.2 cm³/mol. The van der Waals surface area contributed by atoms with Crippen LogP contribution in [0.5, 0.6) is 0 Å². The van der Waals surface area contributed by atoms with Crippen LogP contribution in [0.1, 0.15) is 6.92 Å². The van der Waals surface area contributed by atoms with E-state index in [4.69, 9.17) is 0 Å². The quantitative estimate of drug-likeness (QED) is 0.584. The van der Waals surface area contributed by atoms with E-state index in [-0.39, 0.29) is 6.61 Å². The Morgan fingerprint density at radius 1 is 1.08 bits per heavy atom. The van der Waals surface area contributed by atoms with Gasteiger partial charge in [-0.15, -0.1) is 0 Å². The standard InChI is InChI=1S/C5H12O6S2/c1-5(11-13(3,8)9)4-10-12(2,6)7/h5H,4H2,1-3H3/t5-/m0/s1. The molecule has 13 heavy (non-hydrogen) atoms. The van der Waals surface area contributed by atoms with Gasteiger partial charge < -0.3 is 0 Å². The van der Waals surface area contributed by atoms with E-state index in [0.717, 1.165) is 12.5 Å². The van der Waals surface area contributed by atoms with Crippen LogP contribution in [0.3, 0.4) is 0 Å². The first kappa shape index (κ1) is 12.8. The van der Waals surface area contributed by atoms with Gasteiger partial charge in [0.1, 0.15) is 0 Å².